The number of rotatable bonds is 12. The van der Waals surface area contributed by atoms with Gasteiger partial charge in [-0.2, -0.15) is 5.06 Å². The van der Waals surface area contributed by atoms with Gasteiger partial charge in [0.25, 0.3) is 0 Å². The maximum absolute atomic E-state index is 11.8. The lowest BCUT2D eigenvalue weighted by atomic mass is 9.82. The Morgan fingerprint density at radius 1 is 1.22 bits per heavy atom. The monoisotopic (exact) mass is 386 g/mol. The summed E-state index contributed by atoms with van der Waals surface area (Å²) in [6, 6.07) is 0. The van der Waals surface area contributed by atoms with Crippen molar-refractivity contribution >= 4 is 12.3 Å². The summed E-state index contributed by atoms with van der Waals surface area (Å²) in [5.74, 6) is 0.973. The van der Waals surface area contributed by atoms with Crippen LogP contribution >= 0.6 is 0 Å². The Bertz CT molecular complexity index is 428. The first-order valence-electron chi connectivity index (χ1n) is 10.1. The molecule has 2 rings (SSSR count). The van der Waals surface area contributed by atoms with Crippen LogP contribution in [-0.4, -0.2) is 68.9 Å². The molecule has 0 aromatic heterocycles. The van der Waals surface area contributed by atoms with Gasteiger partial charge in [-0.25, -0.2) is 4.84 Å². The van der Waals surface area contributed by atoms with Crippen LogP contribution in [0.25, 0.3) is 0 Å². The minimum atomic E-state index is -0.0562. The van der Waals surface area contributed by atoms with Crippen molar-refractivity contribution in [2.24, 2.45) is 11.8 Å². The molecule has 0 unspecified atom stereocenters. The Kier molecular flexibility index (Phi) is 10.7. The van der Waals surface area contributed by atoms with Crippen molar-refractivity contribution in [3.8, 4) is 0 Å². The van der Waals surface area contributed by atoms with Crippen molar-refractivity contribution in [1.82, 2.24) is 9.96 Å². The third-order valence-electron chi connectivity index (χ3n) is 5.03. The number of ether oxygens (including phenoxy) is 3. The predicted molar refractivity (Wildman–Crippen MR) is 98.1 cm³/mol. The zero-order valence-electron chi connectivity index (χ0n) is 16.5. The highest BCUT2D eigenvalue weighted by Gasteiger charge is 2.23. The lowest BCUT2D eigenvalue weighted by Gasteiger charge is -2.31. The number of carbonyl (C=O) groups is 2. The molecule has 8 heteroatoms. The number of nitrogens with zero attached hydrogens (tertiary/aromatic N) is 2. The van der Waals surface area contributed by atoms with E-state index in [0.29, 0.717) is 44.8 Å². The van der Waals surface area contributed by atoms with Gasteiger partial charge in [0, 0.05) is 26.2 Å². The van der Waals surface area contributed by atoms with Crippen LogP contribution in [-0.2, 0) is 28.6 Å². The van der Waals surface area contributed by atoms with Gasteiger partial charge in [0.15, 0.2) is 6.79 Å². The molecule has 1 saturated carbocycles. The van der Waals surface area contributed by atoms with Crippen LogP contribution in [0.3, 0.4) is 0 Å². The van der Waals surface area contributed by atoms with Gasteiger partial charge in [-0.05, 0) is 50.4 Å². The summed E-state index contributed by atoms with van der Waals surface area (Å²) in [4.78, 5) is 30.0. The van der Waals surface area contributed by atoms with E-state index in [0.717, 1.165) is 51.5 Å². The molecular weight excluding hydrogens is 352 g/mol. The van der Waals surface area contributed by atoms with Crippen molar-refractivity contribution in [2.45, 2.75) is 51.9 Å². The van der Waals surface area contributed by atoms with E-state index in [1.807, 2.05) is 0 Å². The van der Waals surface area contributed by atoms with Crippen LogP contribution in [0, 0.1) is 11.8 Å². The van der Waals surface area contributed by atoms with E-state index in [1.54, 1.807) is 4.90 Å². The first-order valence-corrected chi connectivity index (χ1v) is 10.1. The fourth-order valence-electron chi connectivity index (χ4n) is 3.46. The molecule has 0 N–H and O–H groups in total. The Morgan fingerprint density at radius 2 is 2.00 bits per heavy atom. The summed E-state index contributed by atoms with van der Waals surface area (Å²) < 4.78 is 16.4. The summed E-state index contributed by atoms with van der Waals surface area (Å²) >= 11 is 0. The van der Waals surface area contributed by atoms with Crippen LogP contribution in [0.15, 0.2) is 0 Å². The minimum Gasteiger partial charge on any atom is -0.361 e. The van der Waals surface area contributed by atoms with Crippen LogP contribution in [0.5, 0.6) is 0 Å². The molecule has 0 bridgehead atoms. The first kappa shape index (κ1) is 22.1. The van der Waals surface area contributed by atoms with Gasteiger partial charge >= 0.3 is 0 Å². The van der Waals surface area contributed by atoms with E-state index < -0.39 is 0 Å². The lowest BCUT2D eigenvalue weighted by Crippen LogP contribution is -2.33. The van der Waals surface area contributed by atoms with E-state index >= 15 is 0 Å². The Balaban J connectivity index is 1.55. The van der Waals surface area contributed by atoms with Crippen molar-refractivity contribution < 1.29 is 28.6 Å². The quantitative estimate of drug-likeness (QED) is 0.291. The number of hydroxylamine groups is 2. The molecule has 1 aliphatic heterocycles. The lowest BCUT2D eigenvalue weighted by molar-refractivity contribution is -0.246. The highest BCUT2D eigenvalue weighted by atomic mass is 16.8. The van der Waals surface area contributed by atoms with Crippen molar-refractivity contribution in [3.63, 3.8) is 0 Å². The second-order valence-electron chi connectivity index (χ2n) is 7.33. The molecule has 2 fully saturated rings. The van der Waals surface area contributed by atoms with Crippen LogP contribution in [0.4, 0.5) is 0 Å². The van der Waals surface area contributed by atoms with Gasteiger partial charge in [-0.15, -0.1) is 0 Å². The molecule has 27 heavy (non-hydrogen) atoms. The summed E-state index contributed by atoms with van der Waals surface area (Å²) in [6.07, 6.45) is 7.37. The summed E-state index contributed by atoms with van der Waals surface area (Å²) in [5, 5.41) is 1.25. The van der Waals surface area contributed by atoms with E-state index in [-0.39, 0.29) is 19.4 Å². The molecule has 0 aromatic carbocycles. The van der Waals surface area contributed by atoms with Gasteiger partial charge < -0.3 is 19.1 Å². The molecule has 1 saturated heterocycles. The molecule has 0 aromatic rings. The summed E-state index contributed by atoms with van der Waals surface area (Å²) in [5.41, 5.74) is 0. The normalized spacial score (nSPS) is 23.9. The third kappa shape index (κ3) is 8.55. The van der Waals surface area contributed by atoms with E-state index in [4.69, 9.17) is 19.0 Å². The van der Waals surface area contributed by atoms with Crippen molar-refractivity contribution in [3.05, 3.63) is 0 Å². The average Bonchev–Trinajstić information content (AvgIpc) is 2.90. The van der Waals surface area contributed by atoms with Gasteiger partial charge in [0.1, 0.15) is 13.5 Å². The standard InChI is InChI=1S/C19H34N2O6/c1-2-9-24-14-20(13-22)11-17-5-7-18(8-6-17)12-26-16-27-21-15-25-10-3-4-19(21)23/h13,17-18H,2-12,14-16H2,1H3. The third-order valence-corrected chi connectivity index (χ3v) is 5.03. The maximum Gasteiger partial charge on any atom is 0.248 e. The molecule has 0 atom stereocenters. The molecule has 8 nitrogen and oxygen atoms in total. The summed E-state index contributed by atoms with van der Waals surface area (Å²) in [7, 11) is 0. The van der Waals surface area contributed by atoms with Gasteiger partial charge in [0.05, 0.1) is 6.61 Å². The van der Waals surface area contributed by atoms with Gasteiger partial charge in [-0.3, -0.25) is 9.59 Å². The van der Waals surface area contributed by atoms with E-state index in [9.17, 15) is 9.59 Å². The van der Waals surface area contributed by atoms with Gasteiger partial charge in [0.2, 0.25) is 12.3 Å². The fourth-order valence-corrected chi connectivity index (χ4v) is 3.46. The average molecular weight is 386 g/mol. The van der Waals surface area contributed by atoms with Crippen molar-refractivity contribution in [1.29, 1.82) is 0 Å². The summed E-state index contributed by atoms with van der Waals surface area (Å²) in [6.45, 7) is 5.35. The van der Waals surface area contributed by atoms with Crippen LogP contribution in [0.1, 0.15) is 51.9 Å². The zero-order chi connectivity index (χ0) is 19.3. The van der Waals surface area contributed by atoms with Crippen LogP contribution < -0.4 is 0 Å². The highest BCUT2D eigenvalue weighted by molar-refractivity contribution is 5.75. The first-order chi connectivity index (χ1) is 13.2. The molecule has 0 radical (unpaired) electrons. The molecule has 1 heterocycles. The molecular formula is C19H34N2O6. The Labute approximate surface area is 162 Å². The topological polar surface area (TPSA) is 77.5 Å². The number of hydrogen-bond donors (Lipinski definition) is 0. The molecule has 2 amide bonds. The highest BCUT2D eigenvalue weighted by Crippen LogP contribution is 2.29. The Hall–Kier alpha value is -1.22. The van der Waals surface area contributed by atoms with E-state index in [1.165, 1.54) is 5.06 Å². The van der Waals surface area contributed by atoms with Crippen molar-refractivity contribution in [2.75, 3.05) is 46.6 Å². The largest absolute Gasteiger partial charge is 0.361 e. The minimum absolute atomic E-state index is 0.0562. The SMILES string of the molecule is CCCOCN(C=O)CC1CCC(COCON2COCCCC2=O)CC1. The smallest absolute Gasteiger partial charge is 0.248 e. The Morgan fingerprint density at radius 3 is 2.74 bits per heavy atom. The predicted octanol–water partition coefficient (Wildman–Crippen LogP) is 2.14. The maximum atomic E-state index is 11.8. The number of carbonyl (C=O) groups excluding carboxylic acids is 2. The number of hydrogen-bond acceptors (Lipinski definition) is 6. The van der Waals surface area contributed by atoms with Gasteiger partial charge in [-0.1, -0.05) is 6.92 Å². The number of amides is 2. The molecule has 1 aliphatic carbocycles. The molecule has 2 aliphatic rings. The second-order valence-corrected chi connectivity index (χ2v) is 7.33. The second kappa shape index (κ2) is 13.0. The fraction of sp³-hybridized carbons (Fsp3) is 0.895. The van der Waals surface area contributed by atoms with Crippen LogP contribution in [0.2, 0.25) is 0 Å². The van der Waals surface area contributed by atoms with E-state index in [2.05, 4.69) is 6.92 Å². The molecule has 0 spiro atoms. The zero-order valence-corrected chi connectivity index (χ0v) is 16.5. The molecule has 156 valence electrons.